The lowest BCUT2D eigenvalue weighted by molar-refractivity contribution is -0.141. The number of fused-ring (bicyclic) bond motifs is 1. The van der Waals surface area contributed by atoms with Crippen LogP contribution in [0.15, 0.2) is 24.3 Å². The molecule has 1 aromatic carbocycles. The summed E-state index contributed by atoms with van der Waals surface area (Å²) in [5, 5.41) is 0. The fourth-order valence-corrected chi connectivity index (χ4v) is 4.89. The van der Waals surface area contributed by atoms with Crippen LogP contribution < -0.4 is 0 Å². The first-order chi connectivity index (χ1) is 12.6. The molecule has 28 heavy (non-hydrogen) atoms. The molecule has 0 saturated heterocycles. The van der Waals surface area contributed by atoms with Crippen LogP contribution in [-0.4, -0.2) is 16.7 Å². The van der Waals surface area contributed by atoms with Crippen molar-refractivity contribution in [2.45, 2.75) is 85.6 Å². The van der Waals surface area contributed by atoms with Crippen LogP contribution in [0.4, 0.5) is 0 Å². The molecular formula is C25H35NO2. The van der Waals surface area contributed by atoms with Gasteiger partial charge in [-0.15, -0.1) is 0 Å². The van der Waals surface area contributed by atoms with E-state index >= 15 is 0 Å². The first-order valence-electron chi connectivity index (χ1n) is 10.4. The van der Waals surface area contributed by atoms with Gasteiger partial charge in [0.15, 0.2) is 0 Å². The molecule has 0 unspecified atom stereocenters. The molecule has 2 amide bonds. The van der Waals surface area contributed by atoms with Crippen LogP contribution in [0.3, 0.4) is 0 Å². The van der Waals surface area contributed by atoms with Crippen LogP contribution in [0.5, 0.6) is 0 Å². The fourth-order valence-electron chi connectivity index (χ4n) is 4.89. The second-order valence-corrected chi connectivity index (χ2v) is 11.6. The van der Waals surface area contributed by atoms with Crippen molar-refractivity contribution in [2.75, 3.05) is 0 Å². The third-order valence-corrected chi connectivity index (χ3v) is 6.31. The average Bonchev–Trinajstić information content (AvgIpc) is 3.04. The Hall–Kier alpha value is -1.90. The molecule has 0 bridgehead atoms. The van der Waals surface area contributed by atoms with E-state index in [0.717, 1.165) is 6.42 Å². The second kappa shape index (κ2) is 6.30. The van der Waals surface area contributed by atoms with Crippen molar-refractivity contribution in [3.8, 4) is 0 Å². The number of rotatable bonds is 1. The number of amides is 2. The van der Waals surface area contributed by atoms with Gasteiger partial charge in [-0.2, -0.15) is 0 Å². The lowest BCUT2D eigenvalue weighted by Gasteiger charge is -2.38. The Morgan fingerprint density at radius 3 is 1.68 bits per heavy atom. The zero-order valence-corrected chi connectivity index (χ0v) is 18.9. The molecule has 0 N–H and O–H groups in total. The van der Waals surface area contributed by atoms with Crippen molar-refractivity contribution in [2.24, 2.45) is 11.3 Å². The van der Waals surface area contributed by atoms with Gasteiger partial charge in [0.25, 0.3) is 11.8 Å². The number of benzene rings is 1. The smallest absolute Gasteiger partial charge is 0.254 e. The fraction of sp³-hybridized carbons (Fsp3) is 0.600. The summed E-state index contributed by atoms with van der Waals surface area (Å²) >= 11 is 0. The van der Waals surface area contributed by atoms with Gasteiger partial charge in [-0.3, -0.25) is 14.5 Å². The third-order valence-electron chi connectivity index (χ3n) is 6.31. The first kappa shape index (κ1) is 20.8. The molecule has 0 radical (unpaired) electrons. The molecule has 2 atom stereocenters. The first-order valence-corrected chi connectivity index (χ1v) is 10.4. The Bertz CT molecular complexity index is 838. The monoisotopic (exact) mass is 381 g/mol. The number of carbonyl (C=O) groups is 2. The van der Waals surface area contributed by atoms with Crippen molar-refractivity contribution in [3.05, 3.63) is 46.5 Å². The predicted octanol–water partition coefficient (Wildman–Crippen LogP) is 5.47. The van der Waals surface area contributed by atoms with Crippen molar-refractivity contribution < 1.29 is 9.59 Å². The lowest BCUT2D eigenvalue weighted by atomic mass is 9.74. The van der Waals surface area contributed by atoms with Gasteiger partial charge in [0.2, 0.25) is 0 Å². The number of hydrogen-bond donors (Lipinski definition) is 0. The highest BCUT2D eigenvalue weighted by molar-refractivity contribution is 6.13. The molecule has 1 aliphatic heterocycles. The van der Waals surface area contributed by atoms with Crippen molar-refractivity contribution in [1.82, 2.24) is 4.90 Å². The van der Waals surface area contributed by atoms with Gasteiger partial charge in [0.1, 0.15) is 0 Å². The molecule has 1 aromatic rings. The van der Waals surface area contributed by atoms with Gasteiger partial charge >= 0.3 is 0 Å². The molecule has 0 fully saturated rings. The summed E-state index contributed by atoms with van der Waals surface area (Å²) in [6.45, 7) is 20.0. The van der Waals surface area contributed by atoms with E-state index in [-0.39, 0.29) is 40.0 Å². The summed E-state index contributed by atoms with van der Waals surface area (Å²) in [6.07, 6.45) is 3.74. The number of carbonyl (C=O) groups excluding carboxylic acids is 2. The molecule has 0 saturated carbocycles. The molecule has 1 aliphatic carbocycles. The van der Waals surface area contributed by atoms with E-state index in [4.69, 9.17) is 0 Å². The van der Waals surface area contributed by atoms with E-state index in [9.17, 15) is 9.59 Å². The molecule has 3 rings (SSSR count). The third kappa shape index (κ3) is 3.33. The normalized spacial score (nSPS) is 23.0. The Balaban J connectivity index is 2.34. The Labute approximate surface area is 170 Å². The van der Waals surface area contributed by atoms with Gasteiger partial charge in [0.05, 0.1) is 6.04 Å². The largest absolute Gasteiger partial charge is 0.269 e. The topological polar surface area (TPSA) is 37.4 Å². The Kier molecular flexibility index (Phi) is 4.69. The molecular weight excluding hydrogens is 346 g/mol. The maximum atomic E-state index is 12.7. The molecule has 152 valence electrons. The Morgan fingerprint density at radius 1 is 0.786 bits per heavy atom. The van der Waals surface area contributed by atoms with Gasteiger partial charge < -0.3 is 0 Å². The number of nitrogens with zero attached hydrogens (tertiary/aromatic N) is 1. The maximum Gasteiger partial charge on any atom is 0.254 e. The quantitative estimate of drug-likeness (QED) is 0.605. The van der Waals surface area contributed by atoms with Crippen molar-refractivity contribution in [1.29, 1.82) is 0 Å². The van der Waals surface area contributed by atoms with E-state index in [1.807, 2.05) is 0 Å². The zero-order valence-electron chi connectivity index (χ0n) is 18.9. The molecule has 3 nitrogen and oxygen atoms in total. The molecule has 2 aliphatic rings. The van der Waals surface area contributed by atoms with Crippen LogP contribution in [0, 0.1) is 11.3 Å². The maximum absolute atomic E-state index is 12.7. The Morgan fingerprint density at radius 2 is 1.25 bits per heavy atom. The average molecular weight is 382 g/mol. The summed E-state index contributed by atoms with van der Waals surface area (Å²) in [5.41, 5.74) is 5.05. The molecule has 0 spiro atoms. The van der Waals surface area contributed by atoms with Crippen LogP contribution in [0.25, 0.3) is 0 Å². The summed E-state index contributed by atoms with van der Waals surface area (Å²) < 4.78 is 0. The molecule has 3 heteroatoms. The molecule has 0 aromatic heterocycles. The highest BCUT2D eigenvalue weighted by Gasteiger charge is 2.49. The predicted molar refractivity (Wildman–Crippen MR) is 114 cm³/mol. The van der Waals surface area contributed by atoms with E-state index in [1.165, 1.54) is 39.3 Å². The van der Waals surface area contributed by atoms with Gasteiger partial charge in [-0.1, -0.05) is 74.4 Å². The van der Waals surface area contributed by atoms with Crippen LogP contribution >= 0.6 is 0 Å². The molecule has 1 heterocycles. The van der Waals surface area contributed by atoms with Crippen LogP contribution in [-0.2, 0) is 26.8 Å². The van der Waals surface area contributed by atoms with Crippen molar-refractivity contribution in [3.63, 3.8) is 0 Å². The van der Waals surface area contributed by atoms with E-state index in [2.05, 4.69) is 74.4 Å². The van der Waals surface area contributed by atoms with E-state index in [1.54, 1.807) is 0 Å². The van der Waals surface area contributed by atoms with Crippen LogP contribution in [0.1, 0.15) is 90.6 Å². The van der Waals surface area contributed by atoms with Gasteiger partial charge in [0, 0.05) is 12.2 Å². The van der Waals surface area contributed by atoms with E-state index in [0.29, 0.717) is 0 Å². The number of imide groups is 1. The second-order valence-electron chi connectivity index (χ2n) is 11.6. The minimum atomic E-state index is -0.207. The van der Waals surface area contributed by atoms with E-state index < -0.39 is 0 Å². The van der Waals surface area contributed by atoms with Gasteiger partial charge in [-0.05, 0) is 50.8 Å². The minimum absolute atomic E-state index is 0.00903. The van der Waals surface area contributed by atoms with Crippen LogP contribution in [0.2, 0.25) is 0 Å². The summed E-state index contributed by atoms with van der Waals surface area (Å²) in [7, 11) is 0. The summed E-state index contributed by atoms with van der Waals surface area (Å²) in [4.78, 5) is 26.9. The van der Waals surface area contributed by atoms with Crippen molar-refractivity contribution >= 4 is 11.8 Å². The standard InChI is InChI=1S/C25H35NO2/c1-23(2,3)16-10-11-17(24(4,5)6)21-15(16)14-18(25(7,8)9)22(21)26-19(27)12-13-20(26)28/h10-13,18,22H,14H2,1-9H3/t18-,22+/m1/s1. The summed E-state index contributed by atoms with van der Waals surface area (Å²) in [5.74, 6) is -0.170. The number of hydrogen-bond acceptors (Lipinski definition) is 2. The summed E-state index contributed by atoms with van der Waals surface area (Å²) in [6, 6.07) is 4.30. The highest BCUT2D eigenvalue weighted by Crippen LogP contribution is 2.53. The highest BCUT2D eigenvalue weighted by atomic mass is 16.2. The minimum Gasteiger partial charge on any atom is -0.269 e. The lowest BCUT2D eigenvalue weighted by Crippen LogP contribution is -2.41. The zero-order chi connectivity index (χ0) is 21.2. The van der Waals surface area contributed by atoms with Gasteiger partial charge in [-0.25, -0.2) is 0 Å². The SMILES string of the molecule is CC(C)(C)c1ccc(C(C)(C)C)c2c1C[C@@H](C(C)(C)C)[C@@H]2N1C(=O)C=CC1=O.